The molecule has 3 nitrogen and oxygen atoms in total. The van der Waals surface area contributed by atoms with Gasteiger partial charge in [-0.3, -0.25) is 10.1 Å². The van der Waals surface area contributed by atoms with E-state index in [1.165, 1.54) is 13.5 Å². The molecule has 0 saturated carbocycles. The van der Waals surface area contributed by atoms with Crippen LogP contribution in [0.25, 0.3) is 0 Å². The molecule has 0 aromatic heterocycles. The number of esters is 1. The van der Waals surface area contributed by atoms with Crippen LogP contribution < -0.4 is 5.32 Å². The van der Waals surface area contributed by atoms with Gasteiger partial charge in [0.1, 0.15) is 5.54 Å². The van der Waals surface area contributed by atoms with Gasteiger partial charge in [0, 0.05) is 11.8 Å². The molecule has 0 aromatic carbocycles. The highest BCUT2D eigenvalue weighted by molar-refractivity contribution is 7.99. The molecule has 0 radical (unpaired) electrons. The van der Waals surface area contributed by atoms with Crippen LogP contribution in [0, 0.1) is 5.92 Å². The molecule has 0 spiro atoms. The van der Waals surface area contributed by atoms with Crippen molar-refractivity contribution in [3.05, 3.63) is 0 Å². The van der Waals surface area contributed by atoms with Crippen LogP contribution >= 0.6 is 11.8 Å². The van der Waals surface area contributed by atoms with Gasteiger partial charge in [0.2, 0.25) is 0 Å². The number of hydrogen-bond donors (Lipinski definition) is 1. The van der Waals surface area contributed by atoms with Crippen LogP contribution in [0.2, 0.25) is 0 Å². The second kappa shape index (κ2) is 7.98. The van der Waals surface area contributed by atoms with E-state index in [0.717, 1.165) is 11.5 Å². The Hall–Kier alpha value is -0.220. The number of methoxy groups -OCH3 is 1. The van der Waals surface area contributed by atoms with Crippen LogP contribution in [0.5, 0.6) is 0 Å². The Labute approximate surface area is 110 Å². The minimum atomic E-state index is -0.582. The maximum atomic E-state index is 11.8. The summed E-state index contributed by atoms with van der Waals surface area (Å²) >= 11 is 1.82. The van der Waals surface area contributed by atoms with E-state index < -0.39 is 5.54 Å². The Kier molecular flexibility index (Phi) is 7.88. The first kappa shape index (κ1) is 16.8. The highest BCUT2D eigenvalue weighted by Gasteiger charge is 2.34. The van der Waals surface area contributed by atoms with Crippen molar-refractivity contribution in [2.75, 3.05) is 18.6 Å². The average molecular weight is 261 g/mol. The highest BCUT2D eigenvalue weighted by Crippen LogP contribution is 2.19. The Morgan fingerprint density at radius 3 is 2.41 bits per heavy atom. The lowest BCUT2D eigenvalue weighted by Gasteiger charge is -2.30. The summed E-state index contributed by atoms with van der Waals surface area (Å²) in [5.41, 5.74) is -0.582. The molecule has 2 unspecified atom stereocenters. The molecule has 4 heteroatoms. The molecule has 2 atom stereocenters. The second-order valence-corrected chi connectivity index (χ2v) is 6.18. The van der Waals surface area contributed by atoms with Crippen LogP contribution in [-0.4, -0.2) is 36.2 Å². The Bertz CT molecular complexity index is 233. The number of thioether (sulfide) groups is 1. The maximum Gasteiger partial charge on any atom is 0.326 e. The molecule has 0 amide bonds. The molecule has 0 rings (SSSR count). The fourth-order valence-corrected chi connectivity index (χ4v) is 2.97. The van der Waals surface area contributed by atoms with Crippen LogP contribution in [0.1, 0.15) is 41.0 Å². The molecule has 0 aliphatic rings. The molecule has 0 aliphatic heterocycles. The van der Waals surface area contributed by atoms with Gasteiger partial charge in [-0.05, 0) is 32.4 Å². The summed E-state index contributed by atoms with van der Waals surface area (Å²) in [5, 5.41) is 3.30. The van der Waals surface area contributed by atoms with E-state index in [9.17, 15) is 4.79 Å². The summed E-state index contributed by atoms with van der Waals surface area (Å²) in [7, 11) is 1.45. The summed E-state index contributed by atoms with van der Waals surface area (Å²) in [5.74, 6) is 2.36. The molecule has 0 bridgehead atoms. The third kappa shape index (κ3) is 6.32. The predicted octanol–water partition coefficient (Wildman–Crippen LogP) is 2.70. The lowest BCUT2D eigenvalue weighted by molar-refractivity contribution is -0.147. The largest absolute Gasteiger partial charge is 0.468 e. The van der Waals surface area contributed by atoms with Crippen molar-refractivity contribution in [2.45, 2.75) is 52.6 Å². The monoisotopic (exact) mass is 261 g/mol. The first-order valence-electron chi connectivity index (χ1n) is 6.29. The SMILES string of the molecule is CCC(C)CSCC(C)(NC(C)C)C(=O)OC. The first-order valence-corrected chi connectivity index (χ1v) is 7.45. The standard InChI is InChI=1S/C13H27NO2S/c1-7-11(4)8-17-9-13(5,12(15)16-6)14-10(2)3/h10-11,14H,7-9H2,1-6H3. The molecule has 1 N–H and O–H groups in total. The number of carbonyl (C=O) groups excluding carboxylic acids is 1. The number of hydrogen-bond acceptors (Lipinski definition) is 4. The fraction of sp³-hybridized carbons (Fsp3) is 0.923. The molecule has 0 saturated heterocycles. The van der Waals surface area contributed by atoms with Gasteiger partial charge < -0.3 is 4.74 Å². The number of carbonyl (C=O) groups is 1. The topological polar surface area (TPSA) is 38.3 Å². The Morgan fingerprint density at radius 1 is 1.41 bits per heavy atom. The zero-order valence-electron chi connectivity index (χ0n) is 12.0. The fourth-order valence-electron chi connectivity index (χ4n) is 1.60. The van der Waals surface area contributed by atoms with Crippen LogP contribution in [0.15, 0.2) is 0 Å². The van der Waals surface area contributed by atoms with Gasteiger partial charge in [-0.25, -0.2) is 0 Å². The van der Waals surface area contributed by atoms with E-state index in [0.29, 0.717) is 5.92 Å². The summed E-state index contributed by atoms with van der Waals surface area (Å²) < 4.78 is 4.89. The third-order valence-electron chi connectivity index (χ3n) is 2.73. The summed E-state index contributed by atoms with van der Waals surface area (Å²) in [6.45, 7) is 10.4. The minimum Gasteiger partial charge on any atom is -0.468 e. The van der Waals surface area contributed by atoms with Gasteiger partial charge in [0.15, 0.2) is 0 Å². The van der Waals surface area contributed by atoms with Crippen molar-refractivity contribution in [2.24, 2.45) is 5.92 Å². The van der Waals surface area contributed by atoms with E-state index in [4.69, 9.17) is 4.74 Å². The van der Waals surface area contributed by atoms with Crippen LogP contribution in [0.4, 0.5) is 0 Å². The molecule has 102 valence electrons. The smallest absolute Gasteiger partial charge is 0.326 e. The number of rotatable bonds is 8. The first-order chi connectivity index (χ1) is 7.85. The number of ether oxygens (including phenoxy) is 1. The quantitative estimate of drug-likeness (QED) is 0.682. The average Bonchev–Trinajstić information content (AvgIpc) is 2.26. The predicted molar refractivity (Wildman–Crippen MR) is 75.5 cm³/mol. The van der Waals surface area contributed by atoms with Gasteiger partial charge in [0.05, 0.1) is 7.11 Å². The lowest BCUT2D eigenvalue weighted by atomic mass is 10.0. The molecule has 17 heavy (non-hydrogen) atoms. The Morgan fingerprint density at radius 2 is 2.00 bits per heavy atom. The molecule has 0 fully saturated rings. The maximum absolute atomic E-state index is 11.8. The van der Waals surface area contributed by atoms with Gasteiger partial charge >= 0.3 is 5.97 Å². The molecule has 0 aliphatic carbocycles. The van der Waals surface area contributed by atoms with Crippen molar-refractivity contribution < 1.29 is 9.53 Å². The van der Waals surface area contributed by atoms with Crippen molar-refractivity contribution >= 4 is 17.7 Å². The van der Waals surface area contributed by atoms with Gasteiger partial charge in [-0.15, -0.1) is 0 Å². The number of nitrogens with one attached hydrogen (secondary N) is 1. The van der Waals surface area contributed by atoms with Crippen molar-refractivity contribution in [1.29, 1.82) is 0 Å². The lowest BCUT2D eigenvalue weighted by Crippen LogP contribution is -2.55. The van der Waals surface area contributed by atoms with Gasteiger partial charge in [0.25, 0.3) is 0 Å². The summed E-state index contributed by atoms with van der Waals surface area (Å²) in [6.07, 6.45) is 1.18. The second-order valence-electron chi connectivity index (χ2n) is 5.15. The van der Waals surface area contributed by atoms with E-state index in [2.05, 4.69) is 19.2 Å². The van der Waals surface area contributed by atoms with E-state index in [-0.39, 0.29) is 12.0 Å². The highest BCUT2D eigenvalue weighted by atomic mass is 32.2. The molecule has 0 heterocycles. The minimum absolute atomic E-state index is 0.178. The normalized spacial score (nSPS) is 16.6. The molecule has 0 aromatic rings. The zero-order valence-corrected chi connectivity index (χ0v) is 12.8. The summed E-state index contributed by atoms with van der Waals surface area (Å²) in [6, 6.07) is 0.267. The van der Waals surface area contributed by atoms with Crippen LogP contribution in [0.3, 0.4) is 0 Å². The van der Waals surface area contributed by atoms with Crippen LogP contribution in [-0.2, 0) is 9.53 Å². The van der Waals surface area contributed by atoms with Crippen molar-refractivity contribution in [3.8, 4) is 0 Å². The molecular formula is C13H27NO2S. The Balaban J connectivity index is 4.34. The van der Waals surface area contributed by atoms with E-state index >= 15 is 0 Å². The van der Waals surface area contributed by atoms with Crippen molar-refractivity contribution in [3.63, 3.8) is 0 Å². The zero-order chi connectivity index (χ0) is 13.5. The van der Waals surface area contributed by atoms with Gasteiger partial charge in [-0.1, -0.05) is 20.3 Å². The third-order valence-corrected chi connectivity index (χ3v) is 4.32. The van der Waals surface area contributed by atoms with Gasteiger partial charge in [-0.2, -0.15) is 11.8 Å². The van der Waals surface area contributed by atoms with E-state index in [1.54, 1.807) is 0 Å². The van der Waals surface area contributed by atoms with Crippen molar-refractivity contribution in [1.82, 2.24) is 5.32 Å². The summed E-state index contributed by atoms with van der Waals surface area (Å²) in [4.78, 5) is 11.8. The van der Waals surface area contributed by atoms with E-state index in [1.807, 2.05) is 32.5 Å². The molecular weight excluding hydrogens is 234 g/mol.